The van der Waals surface area contributed by atoms with Crippen molar-refractivity contribution in [2.24, 2.45) is 0 Å². The maximum atomic E-state index is 11.6. The second kappa shape index (κ2) is 10.6. The fourth-order valence-corrected chi connectivity index (χ4v) is 6.25. The van der Waals surface area contributed by atoms with E-state index in [0.29, 0.717) is 16.6 Å². The zero-order chi connectivity index (χ0) is 28.8. The molecule has 1 fully saturated rings. The number of carbonyl (C=O) groups is 1. The molecule has 6 aromatic rings. The van der Waals surface area contributed by atoms with Gasteiger partial charge in [-0.15, -0.1) is 0 Å². The number of rotatable bonds is 6. The van der Waals surface area contributed by atoms with E-state index in [1.165, 1.54) is 12.8 Å². The summed E-state index contributed by atoms with van der Waals surface area (Å²) in [6.45, 7) is 0. The molecule has 208 valence electrons. The van der Waals surface area contributed by atoms with Crippen molar-refractivity contribution in [3.05, 3.63) is 102 Å². The lowest BCUT2D eigenvalue weighted by Crippen LogP contribution is -2.06. The van der Waals surface area contributed by atoms with Crippen LogP contribution in [0.5, 0.6) is 5.75 Å². The summed E-state index contributed by atoms with van der Waals surface area (Å²) in [5.41, 5.74) is 7.70. The van der Waals surface area contributed by atoms with Gasteiger partial charge < -0.3 is 14.4 Å². The Morgan fingerprint density at radius 3 is 2.38 bits per heavy atom. The summed E-state index contributed by atoms with van der Waals surface area (Å²) < 4.78 is 7.86. The Balaban J connectivity index is 1.33. The van der Waals surface area contributed by atoms with E-state index in [1.54, 1.807) is 19.2 Å². The molecule has 6 nitrogen and oxygen atoms in total. The molecule has 0 aliphatic heterocycles. The number of halogens is 1. The van der Waals surface area contributed by atoms with Crippen LogP contribution in [0.3, 0.4) is 0 Å². The van der Waals surface area contributed by atoms with Gasteiger partial charge in [0.1, 0.15) is 11.6 Å². The molecule has 7 rings (SSSR count). The summed E-state index contributed by atoms with van der Waals surface area (Å²) in [5.74, 6) is 0.678. The molecule has 7 heteroatoms. The van der Waals surface area contributed by atoms with Crippen molar-refractivity contribution in [3.8, 4) is 39.5 Å². The number of benzene rings is 4. The molecule has 1 N–H and O–H groups in total. The van der Waals surface area contributed by atoms with E-state index in [2.05, 4.69) is 28.8 Å². The quantitative estimate of drug-likeness (QED) is 0.215. The summed E-state index contributed by atoms with van der Waals surface area (Å²) in [7, 11) is 1.66. The number of hydrogen-bond donors (Lipinski definition) is 1. The van der Waals surface area contributed by atoms with Crippen molar-refractivity contribution in [1.82, 2.24) is 14.5 Å². The first-order valence-electron chi connectivity index (χ1n) is 14.1. The largest absolute Gasteiger partial charge is 0.497 e. The van der Waals surface area contributed by atoms with Crippen LogP contribution < -0.4 is 4.74 Å². The van der Waals surface area contributed by atoms with E-state index in [-0.39, 0.29) is 5.56 Å². The molecule has 0 amide bonds. The number of methoxy groups -OCH3 is 1. The van der Waals surface area contributed by atoms with E-state index >= 15 is 0 Å². The first kappa shape index (κ1) is 26.2. The Bertz CT molecular complexity index is 1970. The Morgan fingerprint density at radius 2 is 1.62 bits per heavy atom. The number of hydrogen-bond acceptors (Lipinski definition) is 4. The molecular weight excluding hydrogens is 546 g/mol. The maximum Gasteiger partial charge on any atom is 0.335 e. The minimum absolute atomic E-state index is 0.246. The highest BCUT2D eigenvalue weighted by Crippen LogP contribution is 2.39. The number of aromatic nitrogens is 3. The lowest BCUT2D eigenvalue weighted by molar-refractivity contribution is 0.0697. The normalized spacial score (nSPS) is 13.7. The van der Waals surface area contributed by atoms with Gasteiger partial charge in [-0.2, -0.15) is 0 Å². The molecule has 0 saturated heterocycles. The van der Waals surface area contributed by atoms with Crippen molar-refractivity contribution < 1.29 is 14.6 Å². The fraction of sp³-hybridized carbons (Fsp3) is 0.171. The van der Waals surface area contributed by atoms with Gasteiger partial charge >= 0.3 is 5.97 Å². The van der Waals surface area contributed by atoms with Crippen LogP contribution in [0, 0.1) is 0 Å². The highest BCUT2D eigenvalue weighted by molar-refractivity contribution is 6.30. The van der Waals surface area contributed by atoms with Crippen LogP contribution >= 0.6 is 11.6 Å². The molecule has 0 radical (unpaired) electrons. The standard InChI is InChI=1S/C35H28ClN3O3/c1-42-27-13-14-28(21-6-11-25(36)12-7-21)29(20-27)31-16-8-22-18-23(9-15-30(22)37-31)34-38-32-19-24(35(40)41)10-17-33(32)39(34)26-4-2-3-5-26/h6-20,26H,2-5H2,1H3,(H,40,41). The van der Waals surface area contributed by atoms with Crippen LogP contribution in [0.15, 0.2) is 91.0 Å². The summed E-state index contributed by atoms with van der Waals surface area (Å²) in [6.07, 6.45) is 4.55. The number of imidazole rings is 1. The molecule has 2 aromatic heterocycles. The highest BCUT2D eigenvalue weighted by atomic mass is 35.5. The van der Waals surface area contributed by atoms with Gasteiger partial charge in [0.25, 0.3) is 0 Å². The minimum atomic E-state index is -0.947. The summed E-state index contributed by atoms with van der Waals surface area (Å²) in [4.78, 5) is 21.7. The van der Waals surface area contributed by atoms with Gasteiger partial charge in [0.05, 0.1) is 34.9 Å². The van der Waals surface area contributed by atoms with Gasteiger partial charge in [0.2, 0.25) is 0 Å². The second-order valence-corrected chi connectivity index (χ2v) is 11.2. The van der Waals surface area contributed by atoms with Crippen molar-refractivity contribution >= 4 is 39.5 Å². The highest BCUT2D eigenvalue weighted by Gasteiger charge is 2.24. The summed E-state index contributed by atoms with van der Waals surface area (Å²) in [5, 5.41) is 11.2. The number of ether oxygens (including phenoxy) is 1. The lowest BCUT2D eigenvalue weighted by atomic mass is 9.96. The molecule has 1 saturated carbocycles. The fourth-order valence-electron chi connectivity index (χ4n) is 6.13. The monoisotopic (exact) mass is 573 g/mol. The third kappa shape index (κ3) is 4.68. The Kier molecular flexibility index (Phi) is 6.63. The first-order chi connectivity index (χ1) is 20.5. The van der Waals surface area contributed by atoms with Crippen LogP contribution in [-0.4, -0.2) is 32.7 Å². The molecule has 0 bridgehead atoms. The Labute approximate surface area is 248 Å². The molecule has 1 aliphatic rings. The predicted octanol–water partition coefficient (Wildman–Crippen LogP) is 9.06. The predicted molar refractivity (Wildman–Crippen MR) is 167 cm³/mol. The number of carboxylic acids is 1. The zero-order valence-corrected chi connectivity index (χ0v) is 23.8. The summed E-state index contributed by atoms with van der Waals surface area (Å²) >= 11 is 6.15. The molecule has 0 spiro atoms. The zero-order valence-electron chi connectivity index (χ0n) is 23.0. The molecule has 0 atom stereocenters. The Morgan fingerprint density at radius 1 is 0.833 bits per heavy atom. The minimum Gasteiger partial charge on any atom is -0.497 e. The maximum absolute atomic E-state index is 11.6. The number of carboxylic acid groups (broad SMARTS) is 1. The third-order valence-electron chi connectivity index (χ3n) is 8.23. The van der Waals surface area contributed by atoms with Crippen LogP contribution in [0.1, 0.15) is 42.1 Å². The van der Waals surface area contributed by atoms with E-state index in [1.807, 2.05) is 54.6 Å². The Hall–Kier alpha value is -4.68. The van der Waals surface area contributed by atoms with E-state index in [4.69, 9.17) is 26.3 Å². The molecule has 0 unspecified atom stereocenters. The number of fused-ring (bicyclic) bond motifs is 2. The van der Waals surface area contributed by atoms with E-state index in [0.717, 1.165) is 68.8 Å². The van der Waals surface area contributed by atoms with Crippen molar-refractivity contribution in [2.75, 3.05) is 7.11 Å². The smallest absolute Gasteiger partial charge is 0.335 e. The van der Waals surface area contributed by atoms with Gasteiger partial charge in [0, 0.05) is 27.6 Å². The van der Waals surface area contributed by atoms with Gasteiger partial charge in [-0.3, -0.25) is 0 Å². The van der Waals surface area contributed by atoms with Gasteiger partial charge in [-0.1, -0.05) is 48.7 Å². The van der Waals surface area contributed by atoms with Crippen LogP contribution in [0.4, 0.5) is 0 Å². The number of pyridine rings is 1. The van der Waals surface area contributed by atoms with Gasteiger partial charge in [0.15, 0.2) is 0 Å². The number of nitrogens with zero attached hydrogens (tertiary/aromatic N) is 3. The van der Waals surface area contributed by atoms with E-state index in [9.17, 15) is 9.90 Å². The SMILES string of the molecule is COc1ccc(-c2ccc(Cl)cc2)c(-c2ccc3cc(-c4nc5cc(C(=O)O)ccc5n4C4CCCC4)ccc3n2)c1. The average Bonchev–Trinajstić information content (AvgIpc) is 3.68. The van der Waals surface area contributed by atoms with E-state index < -0.39 is 5.97 Å². The molecule has 2 heterocycles. The molecule has 1 aliphatic carbocycles. The lowest BCUT2D eigenvalue weighted by Gasteiger charge is -2.17. The summed E-state index contributed by atoms with van der Waals surface area (Å²) in [6, 6.07) is 29.8. The number of aromatic carboxylic acids is 1. The van der Waals surface area contributed by atoms with Crippen molar-refractivity contribution in [3.63, 3.8) is 0 Å². The van der Waals surface area contributed by atoms with Crippen LogP contribution in [0.2, 0.25) is 5.02 Å². The van der Waals surface area contributed by atoms with Crippen molar-refractivity contribution in [2.45, 2.75) is 31.7 Å². The van der Waals surface area contributed by atoms with Crippen molar-refractivity contribution in [1.29, 1.82) is 0 Å². The average molecular weight is 574 g/mol. The van der Waals surface area contributed by atoms with Gasteiger partial charge in [-0.05, 0) is 90.7 Å². The van der Waals surface area contributed by atoms with Gasteiger partial charge in [-0.25, -0.2) is 14.8 Å². The van der Waals surface area contributed by atoms with Crippen LogP contribution in [-0.2, 0) is 0 Å². The van der Waals surface area contributed by atoms with Crippen LogP contribution in [0.25, 0.3) is 55.7 Å². The molecule has 4 aromatic carbocycles. The molecular formula is C35H28ClN3O3. The topological polar surface area (TPSA) is 77.2 Å². The molecule has 42 heavy (non-hydrogen) atoms. The first-order valence-corrected chi connectivity index (χ1v) is 14.5. The second-order valence-electron chi connectivity index (χ2n) is 10.8. The third-order valence-corrected chi connectivity index (χ3v) is 8.48.